The molecule has 0 fully saturated rings. The Morgan fingerprint density at radius 2 is 1.83 bits per heavy atom. The number of hydrogen-bond donors (Lipinski definition) is 3. The summed E-state index contributed by atoms with van der Waals surface area (Å²) in [4.78, 5) is 15.9. The maximum absolute atomic E-state index is 11.8. The van der Waals surface area contributed by atoms with Gasteiger partial charge in [0.15, 0.2) is 0 Å². The van der Waals surface area contributed by atoms with Gasteiger partial charge in [0, 0.05) is 6.20 Å². The molecule has 2 rings (SSSR count). The molecular weight excluding hydrogens is 232 g/mol. The molecule has 0 radical (unpaired) electrons. The number of phenolic OH excluding ortho intramolecular Hbond substituents is 2. The first-order valence-corrected chi connectivity index (χ1v) is 5.37. The van der Waals surface area contributed by atoms with Crippen LogP contribution in [0.1, 0.15) is 16.1 Å². The summed E-state index contributed by atoms with van der Waals surface area (Å²) in [5.41, 5.74) is 0.564. The van der Waals surface area contributed by atoms with Crippen LogP contribution in [0, 0.1) is 0 Å². The summed E-state index contributed by atoms with van der Waals surface area (Å²) < 4.78 is 0. The molecule has 0 aliphatic rings. The predicted molar refractivity (Wildman–Crippen MR) is 65.2 cm³/mol. The van der Waals surface area contributed by atoms with Crippen LogP contribution in [0.2, 0.25) is 0 Å². The zero-order valence-electron chi connectivity index (χ0n) is 9.50. The molecule has 2 aromatic rings. The molecule has 0 saturated heterocycles. The van der Waals surface area contributed by atoms with Gasteiger partial charge in [-0.1, -0.05) is 12.1 Å². The molecule has 0 unspecified atom stereocenters. The lowest BCUT2D eigenvalue weighted by molar-refractivity contribution is 0.0945. The SMILES string of the molecule is O=C(NCc1ccccn1)c1c(O)cccc1O. The first-order chi connectivity index (χ1) is 8.68. The lowest BCUT2D eigenvalue weighted by Crippen LogP contribution is -2.23. The Bertz CT molecular complexity index is 535. The monoisotopic (exact) mass is 244 g/mol. The number of nitrogens with zero attached hydrogens (tertiary/aromatic N) is 1. The summed E-state index contributed by atoms with van der Waals surface area (Å²) in [5.74, 6) is -1.06. The largest absolute Gasteiger partial charge is 0.507 e. The second-order valence-electron chi connectivity index (χ2n) is 3.68. The highest BCUT2D eigenvalue weighted by Gasteiger charge is 2.15. The van der Waals surface area contributed by atoms with Gasteiger partial charge in [0.1, 0.15) is 17.1 Å². The van der Waals surface area contributed by atoms with Crippen LogP contribution in [0.15, 0.2) is 42.6 Å². The first-order valence-electron chi connectivity index (χ1n) is 5.37. The number of hydrogen-bond acceptors (Lipinski definition) is 4. The van der Waals surface area contributed by atoms with E-state index in [1.54, 1.807) is 18.3 Å². The lowest BCUT2D eigenvalue weighted by Gasteiger charge is -2.07. The number of phenols is 2. The van der Waals surface area contributed by atoms with E-state index in [1.165, 1.54) is 18.2 Å². The molecule has 1 aromatic carbocycles. The standard InChI is InChI=1S/C13H12N2O3/c16-10-5-3-6-11(17)12(10)13(18)15-8-9-4-1-2-7-14-9/h1-7,16-17H,8H2,(H,15,18). The zero-order valence-corrected chi connectivity index (χ0v) is 9.50. The van der Waals surface area contributed by atoms with Crippen LogP contribution in [0.3, 0.4) is 0 Å². The van der Waals surface area contributed by atoms with Crippen LogP contribution in [-0.4, -0.2) is 21.1 Å². The van der Waals surface area contributed by atoms with E-state index >= 15 is 0 Å². The van der Waals surface area contributed by atoms with E-state index in [2.05, 4.69) is 10.3 Å². The van der Waals surface area contributed by atoms with Crippen molar-refractivity contribution in [2.45, 2.75) is 6.54 Å². The molecule has 18 heavy (non-hydrogen) atoms. The Kier molecular flexibility index (Phi) is 3.43. The van der Waals surface area contributed by atoms with Crippen molar-refractivity contribution in [2.24, 2.45) is 0 Å². The third kappa shape index (κ3) is 2.57. The number of carbonyl (C=O) groups is 1. The Morgan fingerprint density at radius 3 is 2.44 bits per heavy atom. The van der Waals surface area contributed by atoms with Gasteiger partial charge in [-0.05, 0) is 24.3 Å². The quantitative estimate of drug-likeness (QED) is 0.762. The van der Waals surface area contributed by atoms with Crippen molar-refractivity contribution in [3.05, 3.63) is 53.9 Å². The van der Waals surface area contributed by atoms with Gasteiger partial charge >= 0.3 is 0 Å². The van der Waals surface area contributed by atoms with Gasteiger partial charge in [0.25, 0.3) is 5.91 Å². The Balaban J connectivity index is 2.09. The number of aromatic nitrogens is 1. The Labute approximate surface area is 104 Å². The topological polar surface area (TPSA) is 82.5 Å². The van der Waals surface area contributed by atoms with E-state index in [4.69, 9.17) is 0 Å². The van der Waals surface area contributed by atoms with E-state index in [0.717, 1.165) is 0 Å². The van der Waals surface area contributed by atoms with Gasteiger partial charge in [-0.25, -0.2) is 0 Å². The highest BCUT2D eigenvalue weighted by Crippen LogP contribution is 2.25. The Hall–Kier alpha value is -2.56. The summed E-state index contributed by atoms with van der Waals surface area (Å²) in [5, 5.41) is 21.6. The van der Waals surface area contributed by atoms with Crippen molar-refractivity contribution in [1.82, 2.24) is 10.3 Å². The Morgan fingerprint density at radius 1 is 1.11 bits per heavy atom. The molecule has 5 heteroatoms. The number of rotatable bonds is 3. The lowest BCUT2D eigenvalue weighted by atomic mass is 10.1. The molecule has 1 aromatic heterocycles. The number of benzene rings is 1. The third-order valence-corrected chi connectivity index (χ3v) is 2.40. The van der Waals surface area contributed by atoms with E-state index in [0.29, 0.717) is 5.69 Å². The number of pyridine rings is 1. The molecule has 0 aliphatic carbocycles. The van der Waals surface area contributed by atoms with E-state index < -0.39 is 5.91 Å². The predicted octanol–water partition coefficient (Wildman–Crippen LogP) is 1.42. The molecule has 1 heterocycles. The maximum Gasteiger partial charge on any atom is 0.259 e. The minimum Gasteiger partial charge on any atom is -0.507 e. The van der Waals surface area contributed by atoms with Gasteiger partial charge in [0.2, 0.25) is 0 Å². The first kappa shape index (κ1) is 11.9. The van der Waals surface area contributed by atoms with Gasteiger partial charge < -0.3 is 15.5 Å². The van der Waals surface area contributed by atoms with Crippen LogP contribution in [0.4, 0.5) is 0 Å². The van der Waals surface area contributed by atoms with Crippen LogP contribution in [0.5, 0.6) is 11.5 Å². The average Bonchev–Trinajstić information content (AvgIpc) is 2.37. The molecule has 0 spiro atoms. The molecule has 3 N–H and O–H groups in total. The van der Waals surface area contributed by atoms with Crippen LogP contribution < -0.4 is 5.32 Å². The van der Waals surface area contributed by atoms with Crippen molar-refractivity contribution in [2.75, 3.05) is 0 Å². The average molecular weight is 244 g/mol. The van der Waals surface area contributed by atoms with Crippen LogP contribution >= 0.6 is 0 Å². The van der Waals surface area contributed by atoms with Crippen molar-refractivity contribution in [3.8, 4) is 11.5 Å². The number of nitrogens with one attached hydrogen (secondary N) is 1. The minimum atomic E-state index is -0.545. The highest BCUT2D eigenvalue weighted by atomic mass is 16.3. The highest BCUT2D eigenvalue weighted by molar-refractivity contribution is 5.99. The van der Waals surface area contributed by atoms with Crippen molar-refractivity contribution >= 4 is 5.91 Å². The summed E-state index contributed by atoms with van der Waals surface area (Å²) >= 11 is 0. The smallest absolute Gasteiger partial charge is 0.259 e. The van der Waals surface area contributed by atoms with E-state index in [9.17, 15) is 15.0 Å². The summed E-state index contributed by atoms with van der Waals surface area (Å²) in [6, 6.07) is 9.50. The number of amides is 1. The van der Waals surface area contributed by atoms with E-state index in [-0.39, 0.29) is 23.6 Å². The molecule has 0 aliphatic heterocycles. The van der Waals surface area contributed by atoms with Gasteiger partial charge in [-0.2, -0.15) is 0 Å². The van der Waals surface area contributed by atoms with Gasteiger partial charge in [-0.3, -0.25) is 9.78 Å². The zero-order chi connectivity index (χ0) is 13.0. The third-order valence-electron chi connectivity index (χ3n) is 2.40. The fourth-order valence-electron chi connectivity index (χ4n) is 1.52. The van der Waals surface area contributed by atoms with Crippen molar-refractivity contribution < 1.29 is 15.0 Å². The number of aromatic hydroxyl groups is 2. The van der Waals surface area contributed by atoms with Crippen LogP contribution in [-0.2, 0) is 6.54 Å². The molecule has 92 valence electrons. The van der Waals surface area contributed by atoms with E-state index in [1.807, 2.05) is 6.07 Å². The summed E-state index contributed by atoms with van der Waals surface area (Å²) in [7, 11) is 0. The number of carbonyl (C=O) groups excluding carboxylic acids is 1. The molecule has 5 nitrogen and oxygen atoms in total. The molecule has 0 saturated carbocycles. The molecule has 0 bridgehead atoms. The normalized spacial score (nSPS) is 10.0. The van der Waals surface area contributed by atoms with Gasteiger partial charge in [-0.15, -0.1) is 0 Å². The molecule has 1 amide bonds. The fourth-order valence-corrected chi connectivity index (χ4v) is 1.52. The van der Waals surface area contributed by atoms with Crippen LogP contribution in [0.25, 0.3) is 0 Å². The summed E-state index contributed by atoms with van der Waals surface area (Å²) in [6.45, 7) is 0.230. The van der Waals surface area contributed by atoms with Gasteiger partial charge in [0.05, 0.1) is 12.2 Å². The van der Waals surface area contributed by atoms with Crippen molar-refractivity contribution in [3.63, 3.8) is 0 Å². The maximum atomic E-state index is 11.8. The fraction of sp³-hybridized carbons (Fsp3) is 0.0769. The summed E-state index contributed by atoms with van der Waals surface area (Å²) in [6.07, 6.45) is 1.62. The molecule has 0 atom stereocenters. The minimum absolute atomic E-state index is 0.131. The molecular formula is C13H12N2O3. The second-order valence-corrected chi connectivity index (χ2v) is 3.68. The van der Waals surface area contributed by atoms with Crippen molar-refractivity contribution in [1.29, 1.82) is 0 Å². The second kappa shape index (κ2) is 5.18.